The number of aliphatic carboxylic acids is 2. The maximum absolute atomic E-state index is 13.0. The van der Waals surface area contributed by atoms with Gasteiger partial charge >= 0.3 is 23.9 Å². The van der Waals surface area contributed by atoms with Crippen molar-refractivity contribution in [1.82, 2.24) is 45.2 Å². The van der Waals surface area contributed by atoms with E-state index in [4.69, 9.17) is 31.6 Å². The summed E-state index contributed by atoms with van der Waals surface area (Å²) in [6, 6.07) is 8.72. The number of nitrogens with zero attached hydrogens (tertiary/aromatic N) is 10. The SMILES string of the molecule is C#CCCCC(=O)NCCN(CCSCCC(=O)O)C(=O)CC.CCC(=O)N(CCNC(=O)CCCc1cn(CCOC(=O)[C@@H]2CCCN(CCC=C(c3sccc3C)c3sccc3C)C2)nn1)CCSCCC(=O)O.Cc1ccsc1C(=CCCN1CCC[C@@H](C(=O)OCCN=[N+]=[N-])C1)c1sccc1C. The molecule has 7 heterocycles. The van der Waals surface area contributed by atoms with Crippen molar-refractivity contribution in [2.75, 3.05) is 121 Å². The molecule has 580 valence electrons. The number of amides is 4. The number of carboxylic acid groups (broad SMARTS) is 2. The zero-order valence-electron chi connectivity index (χ0n) is 62.4. The Hall–Kier alpha value is -7.33. The number of piperidine rings is 2. The quantitative estimate of drug-likeness (QED) is 0.00703. The standard InChI is InChI=1S/C38H54N6O6S3.C22H28N4O2S2.C16H26N2O4S/c1-4-34(46)43(20-25-51-22-14-35(47)48)18-15-39-33(45)11-5-9-31-27-44(41-40-31)19-21-50-38(49)30-8-6-16-42(26-30)17-7-10-32(36-28(2)12-23-52-36)37-29(3)13-24-53-37;1-16-7-13-29-20(16)19(21-17(2)8-14-30-21)6-4-11-26-10-3-5-18(15-26)22(27)28-12-9-24-25-23;1-3-5-6-7-14(19)17-9-10-18(15(20)4-2)11-13-23-12-8-16(21)22/h10,12-13,23-24,27,30H,4-9,11,14-22,25-26H2,1-3H3,(H,39,45)(H,47,48);6-8,13-14,18H,3-5,9-12,15H2,1-2H3;1H,4-13H2,2H3,(H,17,19)(H,21,22)/t30-;18-;/m11./s1. The Morgan fingerprint density at radius 1 is 0.651 bits per heavy atom. The van der Waals surface area contributed by atoms with Gasteiger partial charge < -0.3 is 49.9 Å². The van der Waals surface area contributed by atoms with Crippen LogP contribution in [0.3, 0.4) is 0 Å². The number of nitrogens with one attached hydrogen (secondary N) is 2. The number of unbranched alkanes of at least 4 members (excludes halogenated alkanes) is 1. The maximum atomic E-state index is 13.0. The molecule has 0 unspecified atom stereocenters. The summed E-state index contributed by atoms with van der Waals surface area (Å²) < 4.78 is 12.6. The Labute approximate surface area is 649 Å². The maximum Gasteiger partial charge on any atom is 0.310 e. The van der Waals surface area contributed by atoms with Crippen molar-refractivity contribution < 1.29 is 58.0 Å². The molecule has 7 rings (SSSR count). The lowest BCUT2D eigenvalue weighted by atomic mass is 9.98. The van der Waals surface area contributed by atoms with Gasteiger partial charge in [0.05, 0.1) is 50.1 Å². The van der Waals surface area contributed by atoms with E-state index in [0.29, 0.717) is 127 Å². The zero-order chi connectivity index (χ0) is 76.9. The molecule has 4 N–H and O–H groups in total. The third-order valence-corrected chi connectivity index (χ3v) is 23.7. The van der Waals surface area contributed by atoms with E-state index in [2.05, 4.69) is 132 Å². The molecule has 2 aliphatic heterocycles. The normalized spacial score (nSPS) is 14.1. The topological polar surface area (TPSA) is 312 Å². The van der Waals surface area contributed by atoms with Gasteiger partial charge in [0, 0.05) is 162 Å². The largest absolute Gasteiger partial charge is 0.481 e. The zero-order valence-corrected chi connectivity index (χ0v) is 67.3. The molecule has 2 fully saturated rings. The number of terminal acetylenes is 1. The summed E-state index contributed by atoms with van der Waals surface area (Å²) in [6.07, 6.45) is 21.4. The average molecular weight is 1570 g/mol. The molecule has 5 aromatic rings. The molecule has 106 heavy (non-hydrogen) atoms. The van der Waals surface area contributed by atoms with Gasteiger partial charge in [0.2, 0.25) is 23.6 Å². The van der Waals surface area contributed by atoms with E-state index in [1.165, 1.54) is 76.4 Å². The number of likely N-dealkylation sites (tertiary alicyclic amines) is 2. The van der Waals surface area contributed by atoms with E-state index in [1.54, 1.807) is 73.7 Å². The molecule has 5 aromatic heterocycles. The first-order valence-electron chi connectivity index (χ1n) is 36.6. The van der Waals surface area contributed by atoms with Crippen LogP contribution in [0.25, 0.3) is 21.6 Å². The van der Waals surface area contributed by atoms with Gasteiger partial charge in [-0.15, -0.1) is 62.8 Å². The van der Waals surface area contributed by atoms with E-state index < -0.39 is 11.9 Å². The molecule has 0 radical (unpaired) electrons. The van der Waals surface area contributed by atoms with Crippen molar-refractivity contribution >= 4 is 128 Å². The fourth-order valence-corrected chi connectivity index (χ4v) is 17.6. The molecule has 4 amide bonds. The summed E-state index contributed by atoms with van der Waals surface area (Å²) >= 11 is 10.2. The number of ether oxygens (including phenoxy) is 2. The molecule has 30 heteroatoms. The number of rotatable bonds is 45. The lowest BCUT2D eigenvalue weighted by Crippen LogP contribution is -2.39. The van der Waals surface area contributed by atoms with Crippen LogP contribution in [0.15, 0.2) is 69.2 Å². The fraction of sp³-hybridized carbons (Fsp3) is 0.579. The lowest BCUT2D eigenvalue weighted by molar-refractivity contribution is -0.151. The van der Waals surface area contributed by atoms with E-state index in [0.717, 1.165) is 76.9 Å². The number of hydrogen-bond acceptors (Lipinski definition) is 21. The van der Waals surface area contributed by atoms with Crippen molar-refractivity contribution in [3.8, 4) is 12.3 Å². The van der Waals surface area contributed by atoms with Gasteiger partial charge in [0.25, 0.3) is 0 Å². The molecule has 0 aromatic carbocycles. The van der Waals surface area contributed by atoms with Gasteiger partial charge in [-0.25, -0.2) is 4.68 Å². The summed E-state index contributed by atoms with van der Waals surface area (Å²) in [5, 5.41) is 43.4. The Kier molecular flexibility index (Phi) is 43.7. The van der Waals surface area contributed by atoms with Crippen molar-refractivity contribution in [3.63, 3.8) is 0 Å². The highest BCUT2D eigenvalue weighted by atomic mass is 32.2. The highest BCUT2D eigenvalue weighted by molar-refractivity contribution is 7.99. The van der Waals surface area contributed by atoms with Crippen LogP contribution in [0.4, 0.5) is 0 Å². The van der Waals surface area contributed by atoms with Crippen LogP contribution in [0, 0.1) is 51.9 Å². The van der Waals surface area contributed by atoms with E-state index in [-0.39, 0.29) is 80.0 Å². The van der Waals surface area contributed by atoms with Crippen molar-refractivity contribution in [2.45, 2.75) is 151 Å². The summed E-state index contributed by atoms with van der Waals surface area (Å²) in [7, 11) is 0. The third kappa shape index (κ3) is 34.3. The first-order valence-corrected chi connectivity index (χ1v) is 42.5. The number of carboxylic acids is 2. The van der Waals surface area contributed by atoms with Gasteiger partial charge in [0.1, 0.15) is 6.61 Å². The number of azide groups is 1. The fourth-order valence-electron chi connectivity index (χ4n) is 11.8. The molecule has 2 aliphatic rings. The smallest absolute Gasteiger partial charge is 0.310 e. The molecule has 2 atom stereocenters. The van der Waals surface area contributed by atoms with Crippen LogP contribution >= 0.6 is 68.9 Å². The predicted molar refractivity (Wildman–Crippen MR) is 428 cm³/mol. The Balaban J connectivity index is 0.000000319. The van der Waals surface area contributed by atoms with Crippen molar-refractivity contribution in [3.05, 3.63) is 122 Å². The van der Waals surface area contributed by atoms with Gasteiger partial charge in [-0.1, -0.05) is 36.3 Å². The van der Waals surface area contributed by atoms with Crippen LogP contribution < -0.4 is 10.6 Å². The lowest BCUT2D eigenvalue weighted by Gasteiger charge is -2.31. The van der Waals surface area contributed by atoms with E-state index in [9.17, 15) is 38.4 Å². The molecule has 0 spiro atoms. The first kappa shape index (κ1) is 89.3. The molecule has 0 bridgehead atoms. The van der Waals surface area contributed by atoms with Gasteiger partial charge in [0.15, 0.2) is 0 Å². The average Bonchev–Trinajstić information content (AvgIpc) is 1.68. The highest BCUT2D eigenvalue weighted by Crippen LogP contribution is 2.37. The monoisotopic (exact) mass is 1570 g/mol. The minimum atomic E-state index is -0.829. The van der Waals surface area contributed by atoms with Crippen LogP contribution in [0.5, 0.6) is 0 Å². The highest BCUT2D eigenvalue weighted by Gasteiger charge is 2.29. The number of carbonyl (C=O) groups is 8. The van der Waals surface area contributed by atoms with Crippen LogP contribution in [0.2, 0.25) is 0 Å². The van der Waals surface area contributed by atoms with Crippen LogP contribution in [0.1, 0.15) is 158 Å². The summed E-state index contributed by atoms with van der Waals surface area (Å²) in [5.41, 5.74) is 17.0. The second-order valence-corrected chi connectivity index (χ2v) is 31.8. The van der Waals surface area contributed by atoms with Crippen LogP contribution in [-0.2, 0) is 60.8 Å². The predicted octanol–water partition coefficient (Wildman–Crippen LogP) is 12.8. The molecule has 2 saturated heterocycles. The van der Waals surface area contributed by atoms with Gasteiger partial charge in [-0.2, -0.15) is 23.5 Å². The van der Waals surface area contributed by atoms with Gasteiger partial charge in [-0.05, 0) is 172 Å². The number of carbonyl (C=O) groups excluding carboxylic acids is 6. The Morgan fingerprint density at radius 2 is 1.09 bits per heavy atom. The molecule has 0 saturated carbocycles. The summed E-state index contributed by atoms with van der Waals surface area (Å²) in [6.45, 7) is 21.3. The second-order valence-electron chi connectivity index (χ2n) is 25.7. The summed E-state index contributed by atoms with van der Waals surface area (Å²) in [5.74, 6) is 2.58. The van der Waals surface area contributed by atoms with Crippen molar-refractivity contribution in [2.24, 2.45) is 17.0 Å². The van der Waals surface area contributed by atoms with Crippen molar-refractivity contribution in [1.29, 1.82) is 0 Å². The minimum Gasteiger partial charge on any atom is -0.481 e. The first-order chi connectivity index (χ1) is 51.2. The number of aromatic nitrogens is 3. The Bertz CT molecular complexity index is 3600. The molecule has 24 nitrogen and oxygen atoms in total. The number of thioether (sulfide) groups is 2. The molecular formula is C76H108N12O12S6. The molecule has 0 aliphatic carbocycles. The summed E-state index contributed by atoms with van der Waals surface area (Å²) in [4.78, 5) is 111. The number of esters is 2. The minimum absolute atomic E-state index is 0.00905. The molecular weight excluding hydrogens is 1470 g/mol. The number of aryl methyl sites for hydroxylation is 5. The van der Waals surface area contributed by atoms with E-state index >= 15 is 0 Å². The number of hydrogen-bond donors (Lipinski definition) is 4. The van der Waals surface area contributed by atoms with Gasteiger partial charge in [-0.3, -0.25) is 38.4 Å². The number of thiophene rings is 4. The van der Waals surface area contributed by atoms with Crippen LogP contribution in [-0.4, -0.2) is 214 Å². The Morgan fingerprint density at radius 3 is 1.50 bits per heavy atom. The van der Waals surface area contributed by atoms with E-state index in [1.807, 2.05) is 6.20 Å². The second kappa shape index (κ2) is 51.9. The third-order valence-electron chi connectivity index (χ3n) is 17.6.